The molecule has 116 valence electrons. The number of aryl methyl sites for hydroxylation is 1. The van der Waals surface area contributed by atoms with Gasteiger partial charge in [-0.05, 0) is 42.8 Å². The van der Waals surface area contributed by atoms with E-state index in [1.807, 2.05) is 13.0 Å². The number of benzene rings is 2. The Morgan fingerprint density at radius 3 is 2.27 bits per heavy atom. The Hall–Kier alpha value is -2.50. The average Bonchev–Trinajstić information content (AvgIpc) is 2.47. The van der Waals surface area contributed by atoms with E-state index in [9.17, 15) is 18.0 Å². The molecule has 0 aromatic heterocycles. The Morgan fingerprint density at radius 2 is 1.73 bits per heavy atom. The van der Waals surface area contributed by atoms with Crippen molar-refractivity contribution in [3.63, 3.8) is 0 Å². The van der Waals surface area contributed by atoms with E-state index in [4.69, 9.17) is 4.74 Å². The number of nitrogens with one attached hydrogen (secondary N) is 1. The fraction of sp³-hybridized carbons (Fsp3) is 0.188. The largest absolute Gasteiger partial charge is 0.494 e. The summed E-state index contributed by atoms with van der Waals surface area (Å²) in [4.78, 5) is 12.1. The number of alkyl halides is 3. The van der Waals surface area contributed by atoms with Crippen LogP contribution in [-0.4, -0.2) is 13.0 Å². The fourth-order valence-corrected chi connectivity index (χ4v) is 2.03. The zero-order chi connectivity index (χ0) is 16.3. The van der Waals surface area contributed by atoms with Crippen molar-refractivity contribution < 1.29 is 22.7 Å². The van der Waals surface area contributed by atoms with Gasteiger partial charge in [-0.15, -0.1) is 0 Å². The predicted molar refractivity (Wildman–Crippen MR) is 77.1 cm³/mol. The molecule has 0 aliphatic heterocycles. The first-order valence-electron chi connectivity index (χ1n) is 6.45. The second-order valence-electron chi connectivity index (χ2n) is 4.68. The minimum absolute atomic E-state index is 0.136. The molecule has 0 bridgehead atoms. The fourth-order valence-electron chi connectivity index (χ4n) is 2.03. The third-order valence-corrected chi connectivity index (χ3v) is 3.14. The number of carbonyl (C=O) groups is 1. The Kier molecular flexibility index (Phi) is 4.40. The molecule has 2 rings (SSSR count). The van der Waals surface area contributed by atoms with Gasteiger partial charge in [0.05, 0.1) is 18.4 Å². The predicted octanol–water partition coefficient (Wildman–Crippen LogP) is 4.27. The van der Waals surface area contributed by atoms with E-state index < -0.39 is 17.6 Å². The normalized spacial score (nSPS) is 11.1. The molecule has 6 heteroatoms. The number of halogens is 3. The number of anilines is 1. The van der Waals surface area contributed by atoms with E-state index in [0.29, 0.717) is 11.4 Å². The van der Waals surface area contributed by atoms with Gasteiger partial charge < -0.3 is 10.1 Å². The van der Waals surface area contributed by atoms with Crippen LogP contribution in [0.5, 0.6) is 5.75 Å². The quantitative estimate of drug-likeness (QED) is 0.919. The van der Waals surface area contributed by atoms with Crippen molar-refractivity contribution in [1.29, 1.82) is 0 Å². The van der Waals surface area contributed by atoms with Gasteiger partial charge in [-0.1, -0.05) is 12.1 Å². The summed E-state index contributed by atoms with van der Waals surface area (Å²) in [5.74, 6) is 0.0142. The Labute approximate surface area is 125 Å². The van der Waals surface area contributed by atoms with Crippen LogP contribution in [0.4, 0.5) is 18.9 Å². The summed E-state index contributed by atoms with van der Waals surface area (Å²) in [7, 11) is 1.48. The molecule has 3 nitrogen and oxygen atoms in total. The molecule has 0 saturated heterocycles. The first-order valence-corrected chi connectivity index (χ1v) is 6.45. The van der Waals surface area contributed by atoms with Gasteiger partial charge in [0.15, 0.2) is 0 Å². The molecule has 0 unspecified atom stereocenters. The maximum atomic E-state index is 12.5. The van der Waals surface area contributed by atoms with Crippen molar-refractivity contribution in [1.82, 2.24) is 0 Å². The van der Waals surface area contributed by atoms with Gasteiger partial charge in [-0.25, -0.2) is 0 Å². The van der Waals surface area contributed by atoms with Gasteiger partial charge in [-0.3, -0.25) is 4.79 Å². The average molecular weight is 309 g/mol. The second-order valence-corrected chi connectivity index (χ2v) is 4.68. The lowest BCUT2D eigenvalue weighted by Crippen LogP contribution is -2.13. The van der Waals surface area contributed by atoms with Crippen molar-refractivity contribution in [3.8, 4) is 5.75 Å². The van der Waals surface area contributed by atoms with Crippen molar-refractivity contribution in [2.24, 2.45) is 0 Å². The summed E-state index contributed by atoms with van der Waals surface area (Å²) in [6.07, 6.45) is -4.42. The summed E-state index contributed by atoms with van der Waals surface area (Å²) in [5.41, 5.74) is 0.647. The molecule has 0 heterocycles. The van der Waals surface area contributed by atoms with Crippen LogP contribution in [0.1, 0.15) is 21.5 Å². The zero-order valence-electron chi connectivity index (χ0n) is 12.0. The van der Waals surface area contributed by atoms with Crippen LogP contribution in [0.2, 0.25) is 0 Å². The topological polar surface area (TPSA) is 38.3 Å². The number of hydrogen-bond donors (Lipinski definition) is 1. The van der Waals surface area contributed by atoms with Crippen molar-refractivity contribution in [2.45, 2.75) is 13.1 Å². The summed E-state index contributed by atoms with van der Waals surface area (Å²) >= 11 is 0. The van der Waals surface area contributed by atoms with Crippen LogP contribution in [-0.2, 0) is 6.18 Å². The van der Waals surface area contributed by atoms with Crippen LogP contribution in [0, 0.1) is 6.92 Å². The number of ether oxygens (including phenoxy) is 1. The zero-order valence-corrected chi connectivity index (χ0v) is 12.0. The standard InChI is InChI=1S/C16H14F3NO2/c1-10-4-3-5-13(14(10)22-2)20-15(21)11-6-8-12(9-7-11)16(17,18)19/h3-9H,1-2H3,(H,20,21). The lowest BCUT2D eigenvalue weighted by Gasteiger charge is -2.12. The molecule has 1 N–H and O–H groups in total. The van der Waals surface area contributed by atoms with Gasteiger partial charge >= 0.3 is 6.18 Å². The number of methoxy groups -OCH3 is 1. The van der Waals surface area contributed by atoms with E-state index in [2.05, 4.69) is 5.32 Å². The lowest BCUT2D eigenvalue weighted by molar-refractivity contribution is -0.137. The molecule has 2 aromatic carbocycles. The number of amides is 1. The maximum absolute atomic E-state index is 12.5. The number of carbonyl (C=O) groups excluding carboxylic acids is 1. The van der Waals surface area contributed by atoms with E-state index >= 15 is 0 Å². The van der Waals surface area contributed by atoms with E-state index in [-0.39, 0.29) is 5.56 Å². The molecular weight excluding hydrogens is 295 g/mol. The summed E-state index contributed by atoms with van der Waals surface area (Å²) < 4.78 is 42.7. The highest BCUT2D eigenvalue weighted by Gasteiger charge is 2.30. The highest BCUT2D eigenvalue weighted by atomic mass is 19.4. The van der Waals surface area contributed by atoms with Gasteiger partial charge in [0.1, 0.15) is 5.75 Å². The Balaban J connectivity index is 2.21. The highest BCUT2D eigenvalue weighted by molar-refractivity contribution is 6.05. The third-order valence-electron chi connectivity index (χ3n) is 3.14. The van der Waals surface area contributed by atoms with E-state index in [1.54, 1.807) is 12.1 Å². The Morgan fingerprint density at radius 1 is 1.09 bits per heavy atom. The SMILES string of the molecule is COc1c(C)cccc1NC(=O)c1ccc(C(F)(F)F)cc1. The minimum Gasteiger partial charge on any atom is -0.494 e. The van der Waals surface area contributed by atoms with Gasteiger partial charge in [-0.2, -0.15) is 13.2 Å². The number of rotatable bonds is 3. The molecule has 1 amide bonds. The molecule has 0 fully saturated rings. The molecule has 0 saturated carbocycles. The first kappa shape index (κ1) is 15.9. The summed E-state index contributed by atoms with van der Waals surface area (Å²) in [6.45, 7) is 1.83. The second kappa shape index (κ2) is 6.09. The molecule has 0 atom stereocenters. The van der Waals surface area contributed by atoms with E-state index in [0.717, 1.165) is 29.8 Å². The maximum Gasteiger partial charge on any atom is 0.416 e. The molecule has 0 aliphatic rings. The Bertz CT molecular complexity index is 679. The van der Waals surface area contributed by atoms with Crippen LogP contribution in [0.25, 0.3) is 0 Å². The molecular formula is C16H14F3NO2. The third kappa shape index (κ3) is 3.39. The van der Waals surface area contributed by atoms with Crippen molar-refractivity contribution in [2.75, 3.05) is 12.4 Å². The monoisotopic (exact) mass is 309 g/mol. The molecule has 0 radical (unpaired) electrons. The van der Waals surface area contributed by atoms with Crippen LogP contribution >= 0.6 is 0 Å². The summed E-state index contributed by atoms with van der Waals surface area (Å²) in [6, 6.07) is 9.27. The molecule has 0 spiro atoms. The minimum atomic E-state index is -4.42. The van der Waals surface area contributed by atoms with Gasteiger partial charge in [0.25, 0.3) is 5.91 Å². The van der Waals surface area contributed by atoms with Gasteiger partial charge in [0.2, 0.25) is 0 Å². The van der Waals surface area contributed by atoms with Crippen molar-refractivity contribution >= 4 is 11.6 Å². The number of para-hydroxylation sites is 1. The van der Waals surface area contributed by atoms with Crippen molar-refractivity contribution in [3.05, 3.63) is 59.2 Å². The van der Waals surface area contributed by atoms with Crippen LogP contribution in [0.3, 0.4) is 0 Å². The van der Waals surface area contributed by atoms with Gasteiger partial charge in [0, 0.05) is 5.56 Å². The molecule has 0 aliphatic carbocycles. The number of hydrogen-bond acceptors (Lipinski definition) is 2. The summed E-state index contributed by atoms with van der Waals surface area (Å²) in [5, 5.41) is 2.63. The highest BCUT2D eigenvalue weighted by Crippen LogP contribution is 2.30. The van der Waals surface area contributed by atoms with Crippen LogP contribution < -0.4 is 10.1 Å². The smallest absolute Gasteiger partial charge is 0.416 e. The van der Waals surface area contributed by atoms with Crippen LogP contribution in [0.15, 0.2) is 42.5 Å². The van der Waals surface area contributed by atoms with E-state index in [1.165, 1.54) is 7.11 Å². The lowest BCUT2D eigenvalue weighted by atomic mass is 10.1. The molecule has 2 aromatic rings. The first-order chi connectivity index (χ1) is 10.3. The molecule has 22 heavy (non-hydrogen) atoms.